The molecule has 0 spiro atoms. The molecule has 2 heteroatoms. The summed E-state index contributed by atoms with van der Waals surface area (Å²) < 4.78 is 0. The first kappa shape index (κ1) is 11.3. The predicted molar refractivity (Wildman–Crippen MR) is 68.4 cm³/mol. The van der Waals surface area contributed by atoms with Gasteiger partial charge in [-0.25, -0.2) is 0 Å². The van der Waals surface area contributed by atoms with Crippen LogP contribution in [0.4, 0.5) is 0 Å². The van der Waals surface area contributed by atoms with Crippen LogP contribution in [0.3, 0.4) is 0 Å². The first-order valence-electron chi connectivity index (χ1n) is 5.49. The molecule has 0 radical (unpaired) electrons. The van der Waals surface area contributed by atoms with E-state index in [1.165, 1.54) is 0 Å². The molecule has 1 aromatic carbocycles. The molecule has 0 atom stereocenters. The van der Waals surface area contributed by atoms with Crippen molar-refractivity contribution < 1.29 is 4.79 Å². The van der Waals surface area contributed by atoms with Crippen LogP contribution in [0.1, 0.15) is 11.3 Å². The number of carbonyl (C=O) groups is 1. The van der Waals surface area contributed by atoms with E-state index in [0.29, 0.717) is 6.42 Å². The number of hydrogen-bond donors (Lipinski definition) is 0. The van der Waals surface area contributed by atoms with Gasteiger partial charge in [0.05, 0.1) is 0 Å². The lowest BCUT2D eigenvalue weighted by Gasteiger charge is -2.00. The summed E-state index contributed by atoms with van der Waals surface area (Å²) in [6, 6.07) is 15.5. The van der Waals surface area contributed by atoms with Gasteiger partial charge in [0.15, 0.2) is 0 Å². The quantitative estimate of drug-likeness (QED) is 0.589. The van der Waals surface area contributed by atoms with Gasteiger partial charge in [-0.2, -0.15) is 0 Å². The number of pyridine rings is 1. The van der Waals surface area contributed by atoms with E-state index in [1.807, 2.05) is 54.6 Å². The van der Waals surface area contributed by atoms with Crippen LogP contribution in [-0.2, 0) is 11.2 Å². The fourth-order valence-corrected chi connectivity index (χ4v) is 1.60. The molecule has 0 aliphatic carbocycles. The lowest BCUT2D eigenvalue weighted by atomic mass is 10.1. The van der Waals surface area contributed by atoms with E-state index in [9.17, 15) is 4.79 Å². The number of hydrogen-bond acceptors (Lipinski definition) is 2. The number of allylic oxidation sites excluding steroid dienone is 1. The molecule has 0 bridgehead atoms. The highest BCUT2D eigenvalue weighted by atomic mass is 16.1. The summed E-state index contributed by atoms with van der Waals surface area (Å²) in [6.45, 7) is 0. The predicted octanol–water partition coefficient (Wildman–Crippen LogP) is 2.91. The van der Waals surface area contributed by atoms with E-state index in [2.05, 4.69) is 4.98 Å². The number of aldehydes is 1. The van der Waals surface area contributed by atoms with E-state index < -0.39 is 0 Å². The van der Waals surface area contributed by atoms with Crippen molar-refractivity contribution >= 4 is 12.4 Å². The standard InChI is InChI=1S/C15H13NO/c17-12-14(10-13-6-2-1-3-7-13)11-15-8-4-5-9-16-15/h1-10,12H,11H2. The highest BCUT2D eigenvalue weighted by molar-refractivity contribution is 5.82. The number of rotatable bonds is 4. The Hall–Kier alpha value is -2.22. The van der Waals surface area contributed by atoms with E-state index in [-0.39, 0.29) is 0 Å². The zero-order valence-corrected chi connectivity index (χ0v) is 9.41. The van der Waals surface area contributed by atoms with Gasteiger partial charge in [0.2, 0.25) is 0 Å². The van der Waals surface area contributed by atoms with Crippen LogP contribution in [-0.4, -0.2) is 11.3 Å². The van der Waals surface area contributed by atoms with E-state index >= 15 is 0 Å². The van der Waals surface area contributed by atoms with E-state index in [4.69, 9.17) is 0 Å². The average molecular weight is 223 g/mol. The Kier molecular flexibility index (Phi) is 3.81. The van der Waals surface area contributed by atoms with Crippen molar-refractivity contribution in [2.75, 3.05) is 0 Å². The normalized spacial score (nSPS) is 11.2. The van der Waals surface area contributed by atoms with Crippen molar-refractivity contribution in [2.45, 2.75) is 6.42 Å². The molecule has 0 saturated carbocycles. The van der Waals surface area contributed by atoms with Gasteiger partial charge in [-0.15, -0.1) is 0 Å². The molecule has 0 aliphatic rings. The highest BCUT2D eigenvalue weighted by Crippen LogP contribution is 2.09. The smallest absolute Gasteiger partial charge is 0.146 e. The molecule has 0 fully saturated rings. The van der Waals surface area contributed by atoms with Crippen molar-refractivity contribution in [3.8, 4) is 0 Å². The van der Waals surface area contributed by atoms with Crippen LogP contribution in [0.2, 0.25) is 0 Å². The number of nitrogens with zero attached hydrogens (tertiary/aromatic N) is 1. The maximum atomic E-state index is 11.0. The van der Waals surface area contributed by atoms with Gasteiger partial charge >= 0.3 is 0 Å². The van der Waals surface area contributed by atoms with Crippen molar-refractivity contribution in [3.05, 3.63) is 71.6 Å². The largest absolute Gasteiger partial charge is 0.298 e. The van der Waals surface area contributed by atoms with E-state index in [1.54, 1.807) is 6.20 Å². The first-order chi connectivity index (χ1) is 8.38. The van der Waals surface area contributed by atoms with Crippen LogP contribution in [0.5, 0.6) is 0 Å². The van der Waals surface area contributed by atoms with Gasteiger partial charge in [0, 0.05) is 18.3 Å². The van der Waals surface area contributed by atoms with Crippen molar-refractivity contribution in [3.63, 3.8) is 0 Å². The molecule has 84 valence electrons. The van der Waals surface area contributed by atoms with Crippen LogP contribution in [0, 0.1) is 0 Å². The number of benzene rings is 1. The molecule has 0 unspecified atom stereocenters. The van der Waals surface area contributed by atoms with Crippen LogP contribution >= 0.6 is 0 Å². The first-order valence-corrected chi connectivity index (χ1v) is 5.49. The molecule has 2 nitrogen and oxygen atoms in total. The van der Waals surface area contributed by atoms with Crippen LogP contribution in [0.25, 0.3) is 6.08 Å². The fraction of sp³-hybridized carbons (Fsp3) is 0.0667. The second-order valence-electron chi connectivity index (χ2n) is 3.75. The van der Waals surface area contributed by atoms with Gasteiger partial charge in [-0.3, -0.25) is 9.78 Å². The average Bonchev–Trinajstić information content (AvgIpc) is 2.40. The third-order valence-electron chi connectivity index (χ3n) is 2.41. The second-order valence-corrected chi connectivity index (χ2v) is 3.75. The molecule has 2 rings (SSSR count). The Morgan fingerprint density at radius 1 is 1.06 bits per heavy atom. The summed E-state index contributed by atoms with van der Waals surface area (Å²) in [5, 5.41) is 0. The molecular weight excluding hydrogens is 210 g/mol. The Morgan fingerprint density at radius 3 is 2.47 bits per heavy atom. The van der Waals surface area contributed by atoms with Crippen molar-refractivity contribution in [1.29, 1.82) is 0 Å². The monoisotopic (exact) mass is 223 g/mol. The fourth-order valence-electron chi connectivity index (χ4n) is 1.60. The Balaban J connectivity index is 2.18. The maximum absolute atomic E-state index is 11.0. The minimum absolute atomic E-state index is 0.569. The van der Waals surface area contributed by atoms with Crippen molar-refractivity contribution in [2.24, 2.45) is 0 Å². The van der Waals surface area contributed by atoms with Gasteiger partial charge in [0.25, 0.3) is 0 Å². The molecule has 0 amide bonds. The molecular formula is C15H13NO. The number of carbonyl (C=O) groups excluding carboxylic acids is 1. The van der Waals surface area contributed by atoms with Gasteiger partial charge in [-0.1, -0.05) is 36.4 Å². The SMILES string of the molecule is O=CC(=Cc1ccccc1)Cc1ccccn1. The summed E-state index contributed by atoms with van der Waals surface area (Å²) >= 11 is 0. The van der Waals surface area contributed by atoms with Gasteiger partial charge in [0.1, 0.15) is 6.29 Å². The summed E-state index contributed by atoms with van der Waals surface area (Å²) in [5.41, 5.74) is 2.67. The second kappa shape index (κ2) is 5.75. The molecule has 0 aliphatic heterocycles. The Bertz CT molecular complexity index is 503. The lowest BCUT2D eigenvalue weighted by molar-refractivity contribution is -0.104. The van der Waals surface area contributed by atoms with Crippen LogP contribution < -0.4 is 0 Å². The lowest BCUT2D eigenvalue weighted by Crippen LogP contribution is -1.94. The summed E-state index contributed by atoms with van der Waals surface area (Å²) in [6.07, 6.45) is 5.09. The minimum atomic E-state index is 0.569. The maximum Gasteiger partial charge on any atom is 0.146 e. The number of aromatic nitrogens is 1. The van der Waals surface area contributed by atoms with Crippen molar-refractivity contribution in [1.82, 2.24) is 4.98 Å². The zero-order valence-electron chi connectivity index (χ0n) is 9.41. The van der Waals surface area contributed by atoms with Gasteiger partial charge < -0.3 is 0 Å². The molecule has 0 N–H and O–H groups in total. The zero-order chi connectivity index (χ0) is 11.9. The topological polar surface area (TPSA) is 30.0 Å². The van der Waals surface area contributed by atoms with E-state index in [0.717, 1.165) is 23.1 Å². The van der Waals surface area contributed by atoms with Gasteiger partial charge in [-0.05, 0) is 29.3 Å². The third-order valence-corrected chi connectivity index (χ3v) is 2.41. The third kappa shape index (κ3) is 3.38. The minimum Gasteiger partial charge on any atom is -0.298 e. The summed E-state index contributed by atoms with van der Waals surface area (Å²) in [4.78, 5) is 15.2. The molecule has 0 saturated heterocycles. The Labute approximate surface area is 101 Å². The highest BCUT2D eigenvalue weighted by Gasteiger charge is 1.99. The Morgan fingerprint density at radius 2 is 1.82 bits per heavy atom. The van der Waals surface area contributed by atoms with Crippen LogP contribution in [0.15, 0.2) is 60.3 Å². The molecule has 2 aromatic rings. The summed E-state index contributed by atoms with van der Waals surface area (Å²) in [5.74, 6) is 0. The molecule has 1 heterocycles. The molecule has 17 heavy (non-hydrogen) atoms. The molecule has 1 aromatic heterocycles. The summed E-state index contributed by atoms with van der Waals surface area (Å²) in [7, 11) is 0.